The molecule has 0 spiro atoms. The van der Waals surface area contributed by atoms with Gasteiger partial charge >= 0.3 is 11.9 Å². The fourth-order valence-electron chi connectivity index (χ4n) is 1.29. The molecule has 1 heterocycles. The molecule has 1 amide bonds. The van der Waals surface area contributed by atoms with Crippen LogP contribution >= 0.6 is 0 Å². The molecule has 6 nitrogen and oxygen atoms in total. The molecule has 2 rings (SSSR count). The van der Waals surface area contributed by atoms with Crippen LogP contribution in [-0.4, -0.2) is 28.3 Å². The summed E-state index contributed by atoms with van der Waals surface area (Å²) in [7, 11) is 0. The predicted octanol–water partition coefficient (Wildman–Crippen LogP) is 0.254. The Labute approximate surface area is 84.3 Å². The van der Waals surface area contributed by atoms with Crippen molar-refractivity contribution in [2.75, 3.05) is 5.06 Å². The maximum atomic E-state index is 11.3. The van der Waals surface area contributed by atoms with Gasteiger partial charge in [-0.2, -0.15) is 5.06 Å². The number of hydroxylamine groups is 1. The second kappa shape index (κ2) is 3.25. The molecule has 1 aromatic carbocycles. The monoisotopic (exact) mass is 209 g/mol. The van der Waals surface area contributed by atoms with Crippen LogP contribution in [0.2, 0.25) is 0 Å². The van der Waals surface area contributed by atoms with E-state index >= 15 is 0 Å². The van der Waals surface area contributed by atoms with Gasteiger partial charge in [0.05, 0.1) is 0 Å². The molecule has 6 heteroatoms. The normalized spacial score (nSPS) is 19.4. The number of rotatable bonds is 1. The molecule has 0 aromatic heterocycles. The lowest BCUT2D eigenvalue weighted by Crippen LogP contribution is -2.48. The number of nitrogens with zero attached hydrogens (tertiary/aromatic N) is 1. The number of amides is 1. The van der Waals surface area contributed by atoms with E-state index in [9.17, 15) is 14.8 Å². The highest BCUT2D eigenvalue weighted by Crippen LogP contribution is 2.32. The van der Waals surface area contributed by atoms with E-state index < -0.39 is 18.0 Å². The molecular weight excluding hydrogens is 202 g/mol. The number of carbonyl (C=O) groups excluding carboxylic acids is 1. The van der Waals surface area contributed by atoms with Crippen LogP contribution in [0.3, 0.4) is 0 Å². The van der Waals surface area contributed by atoms with Crippen LogP contribution in [-0.2, 0) is 9.59 Å². The van der Waals surface area contributed by atoms with Gasteiger partial charge in [-0.25, -0.2) is 4.79 Å². The third-order valence-corrected chi connectivity index (χ3v) is 2.00. The van der Waals surface area contributed by atoms with Gasteiger partial charge in [0.25, 0.3) is 6.10 Å². The SMILES string of the molecule is O=C(O)C1Oc2ccccc2N(O)C1=O. The topological polar surface area (TPSA) is 87.1 Å². The summed E-state index contributed by atoms with van der Waals surface area (Å²) in [6.07, 6.45) is -1.69. The number of benzene rings is 1. The Morgan fingerprint density at radius 2 is 2.07 bits per heavy atom. The standard InChI is InChI=1S/C9H7NO5/c11-8-7(9(12)13)15-6-4-2-1-3-5(6)10(8)14/h1-4,7,14H,(H,12,13). The van der Waals surface area contributed by atoms with E-state index in [1.165, 1.54) is 12.1 Å². The molecule has 78 valence electrons. The molecule has 1 aromatic rings. The first-order valence-corrected chi connectivity index (χ1v) is 4.12. The number of ether oxygens (including phenoxy) is 1. The largest absolute Gasteiger partial charge is 0.478 e. The van der Waals surface area contributed by atoms with E-state index in [0.717, 1.165) is 0 Å². The molecule has 2 N–H and O–H groups in total. The number of carbonyl (C=O) groups is 2. The van der Waals surface area contributed by atoms with Crippen molar-refractivity contribution >= 4 is 17.6 Å². The van der Waals surface area contributed by atoms with Gasteiger partial charge in [-0.15, -0.1) is 0 Å². The van der Waals surface area contributed by atoms with Crippen molar-refractivity contribution in [3.8, 4) is 5.75 Å². The highest BCUT2D eigenvalue weighted by atomic mass is 16.6. The van der Waals surface area contributed by atoms with Crippen LogP contribution in [0.15, 0.2) is 24.3 Å². The van der Waals surface area contributed by atoms with E-state index in [1.54, 1.807) is 12.1 Å². The highest BCUT2D eigenvalue weighted by Gasteiger charge is 2.38. The van der Waals surface area contributed by atoms with Gasteiger partial charge in [-0.05, 0) is 12.1 Å². The summed E-state index contributed by atoms with van der Waals surface area (Å²) in [5.41, 5.74) is 0.139. The van der Waals surface area contributed by atoms with Crippen molar-refractivity contribution < 1.29 is 24.6 Å². The fraction of sp³-hybridized carbons (Fsp3) is 0.111. The van der Waals surface area contributed by atoms with Gasteiger partial charge < -0.3 is 9.84 Å². The van der Waals surface area contributed by atoms with Crippen LogP contribution in [0.4, 0.5) is 5.69 Å². The molecular formula is C9H7NO5. The van der Waals surface area contributed by atoms with Crippen LogP contribution < -0.4 is 9.80 Å². The van der Waals surface area contributed by atoms with Gasteiger partial charge in [0.1, 0.15) is 11.4 Å². The molecule has 0 saturated carbocycles. The predicted molar refractivity (Wildman–Crippen MR) is 47.8 cm³/mol. The van der Waals surface area contributed by atoms with Gasteiger partial charge in [-0.1, -0.05) is 12.1 Å². The van der Waals surface area contributed by atoms with Crippen molar-refractivity contribution in [3.63, 3.8) is 0 Å². The third kappa shape index (κ3) is 1.40. The third-order valence-electron chi connectivity index (χ3n) is 2.00. The Morgan fingerprint density at radius 3 is 2.73 bits per heavy atom. The van der Waals surface area contributed by atoms with Crippen molar-refractivity contribution in [1.82, 2.24) is 0 Å². The Balaban J connectivity index is 2.45. The van der Waals surface area contributed by atoms with Crippen LogP contribution in [0.1, 0.15) is 0 Å². The zero-order valence-corrected chi connectivity index (χ0v) is 7.45. The first-order valence-electron chi connectivity index (χ1n) is 4.12. The number of carboxylic acid groups (broad SMARTS) is 1. The molecule has 0 saturated heterocycles. The van der Waals surface area contributed by atoms with E-state index in [-0.39, 0.29) is 16.5 Å². The summed E-state index contributed by atoms with van der Waals surface area (Å²) in [6.45, 7) is 0. The molecule has 0 fully saturated rings. The number of hydrogen-bond donors (Lipinski definition) is 2. The highest BCUT2D eigenvalue weighted by molar-refractivity contribution is 6.09. The van der Waals surface area contributed by atoms with E-state index in [2.05, 4.69) is 0 Å². The maximum absolute atomic E-state index is 11.3. The zero-order chi connectivity index (χ0) is 11.0. The van der Waals surface area contributed by atoms with Gasteiger partial charge in [0.15, 0.2) is 0 Å². The van der Waals surface area contributed by atoms with Gasteiger partial charge in [0.2, 0.25) is 0 Å². The summed E-state index contributed by atoms with van der Waals surface area (Å²) in [6, 6.07) is 6.13. The second-order valence-electron chi connectivity index (χ2n) is 2.95. The minimum Gasteiger partial charge on any atom is -0.478 e. The lowest BCUT2D eigenvalue weighted by Gasteiger charge is -2.27. The smallest absolute Gasteiger partial charge is 0.355 e. The number of para-hydroxylation sites is 2. The first kappa shape index (κ1) is 9.47. The first-order chi connectivity index (χ1) is 7.11. The Hall–Kier alpha value is -2.08. The molecule has 15 heavy (non-hydrogen) atoms. The fourth-order valence-corrected chi connectivity index (χ4v) is 1.29. The number of aliphatic carboxylic acids is 1. The molecule has 1 unspecified atom stereocenters. The van der Waals surface area contributed by atoms with Gasteiger partial charge in [0, 0.05) is 0 Å². The number of anilines is 1. The zero-order valence-electron chi connectivity index (χ0n) is 7.45. The van der Waals surface area contributed by atoms with Gasteiger partial charge in [-0.3, -0.25) is 10.0 Å². The molecule has 1 aliphatic heterocycles. The minimum absolute atomic E-state index is 0.139. The average molecular weight is 209 g/mol. The minimum atomic E-state index is -1.69. The van der Waals surface area contributed by atoms with E-state index in [1.807, 2.05) is 0 Å². The van der Waals surface area contributed by atoms with Crippen molar-refractivity contribution in [2.45, 2.75) is 6.10 Å². The summed E-state index contributed by atoms with van der Waals surface area (Å²) < 4.78 is 4.93. The summed E-state index contributed by atoms with van der Waals surface area (Å²) in [5.74, 6) is -2.29. The molecule has 0 radical (unpaired) electrons. The lowest BCUT2D eigenvalue weighted by molar-refractivity contribution is -0.153. The van der Waals surface area contributed by atoms with Crippen LogP contribution in [0.5, 0.6) is 5.75 Å². The molecule has 0 bridgehead atoms. The summed E-state index contributed by atoms with van der Waals surface area (Å²) >= 11 is 0. The Kier molecular flexibility index (Phi) is 2.05. The Bertz CT molecular complexity index is 430. The average Bonchev–Trinajstić information content (AvgIpc) is 2.23. The number of carboxylic acids is 1. The quantitative estimate of drug-likeness (QED) is 0.511. The van der Waals surface area contributed by atoms with E-state index in [4.69, 9.17) is 9.84 Å². The second-order valence-corrected chi connectivity index (χ2v) is 2.95. The summed E-state index contributed by atoms with van der Waals surface area (Å²) in [4.78, 5) is 21.9. The molecule has 1 aliphatic rings. The van der Waals surface area contributed by atoms with Crippen LogP contribution in [0.25, 0.3) is 0 Å². The summed E-state index contributed by atoms with van der Waals surface area (Å²) in [5, 5.41) is 18.3. The maximum Gasteiger partial charge on any atom is 0.355 e. The van der Waals surface area contributed by atoms with Crippen molar-refractivity contribution in [1.29, 1.82) is 0 Å². The van der Waals surface area contributed by atoms with Crippen molar-refractivity contribution in [2.24, 2.45) is 0 Å². The van der Waals surface area contributed by atoms with Crippen molar-refractivity contribution in [3.05, 3.63) is 24.3 Å². The molecule has 1 atom stereocenters. The lowest BCUT2D eigenvalue weighted by atomic mass is 10.2. The molecule has 0 aliphatic carbocycles. The van der Waals surface area contributed by atoms with E-state index in [0.29, 0.717) is 0 Å². The number of fused-ring (bicyclic) bond motifs is 1. The van der Waals surface area contributed by atoms with Crippen LogP contribution in [0, 0.1) is 0 Å². The Morgan fingerprint density at radius 1 is 1.40 bits per heavy atom. The number of hydrogen-bond acceptors (Lipinski definition) is 4.